The summed E-state index contributed by atoms with van der Waals surface area (Å²) in [6, 6.07) is 1.61. The summed E-state index contributed by atoms with van der Waals surface area (Å²) in [7, 11) is -7.51. The highest BCUT2D eigenvalue weighted by molar-refractivity contribution is 7.94. The molecule has 0 bridgehead atoms. The van der Waals surface area contributed by atoms with Crippen LogP contribution in [0.15, 0.2) is 9.92 Å². The molecule has 0 saturated carbocycles. The lowest BCUT2D eigenvalue weighted by Crippen LogP contribution is -2.07. The van der Waals surface area contributed by atoms with Crippen LogP contribution in [-0.4, -0.2) is 33.7 Å². The third-order valence-electron chi connectivity index (χ3n) is 1.44. The average molecular weight is 266 g/mol. The molecule has 1 aromatic heterocycles. The van der Waals surface area contributed by atoms with Gasteiger partial charge in [0.25, 0.3) is 0 Å². The van der Waals surface area contributed by atoms with Crippen molar-refractivity contribution in [2.45, 2.75) is 9.92 Å². The van der Waals surface area contributed by atoms with E-state index < -0.39 is 29.6 Å². The second-order valence-corrected chi connectivity index (χ2v) is 7.46. The van der Waals surface area contributed by atoms with Gasteiger partial charge in [-0.1, -0.05) is 0 Å². The first-order chi connectivity index (χ1) is 6.68. The quantitative estimate of drug-likeness (QED) is 0.735. The average Bonchev–Trinajstić information content (AvgIpc) is 2.44. The Morgan fingerprint density at radius 2 is 1.73 bits per heavy atom. The number of hydrogen-bond donors (Lipinski definition) is 0. The van der Waals surface area contributed by atoms with Crippen LogP contribution in [0.1, 0.15) is 4.88 Å². The summed E-state index contributed by atoms with van der Waals surface area (Å²) in [4.78, 5) is -0.713. The van der Waals surface area contributed by atoms with Gasteiger partial charge in [0, 0.05) is 12.5 Å². The Balaban J connectivity index is 3.77. The standard InChI is InChI=1S/C6H6N2O4S3/c1-14(9,10)5-4(3-7)13-8-6(5)15(2,11)12/h1-2H3. The topological polar surface area (TPSA) is 105 Å². The van der Waals surface area contributed by atoms with E-state index in [1.165, 1.54) is 0 Å². The fourth-order valence-corrected chi connectivity index (χ4v) is 4.82. The lowest BCUT2D eigenvalue weighted by Gasteiger charge is -1.97. The summed E-state index contributed by atoms with van der Waals surface area (Å²) in [5.41, 5.74) is 0. The second-order valence-electron chi connectivity index (χ2n) is 2.80. The van der Waals surface area contributed by atoms with E-state index in [9.17, 15) is 16.8 Å². The van der Waals surface area contributed by atoms with Crippen LogP contribution in [-0.2, 0) is 19.7 Å². The normalized spacial score (nSPS) is 12.3. The maximum absolute atomic E-state index is 11.3. The number of sulfone groups is 2. The van der Waals surface area contributed by atoms with Gasteiger partial charge < -0.3 is 0 Å². The Morgan fingerprint density at radius 1 is 1.20 bits per heavy atom. The number of hydrogen-bond acceptors (Lipinski definition) is 7. The predicted octanol–water partition coefficient (Wildman–Crippen LogP) is -0.178. The van der Waals surface area contributed by atoms with Gasteiger partial charge in [0.1, 0.15) is 15.8 Å². The summed E-state index contributed by atoms with van der Waals surface area (Å²) >= 11 is 0.560. The molecule has 1 rings (SSSR count). The van der Waals surface area contributed by atoms with Crippen molar-refractivity contribution in [2.75, 3.05) is 12.5 Å². The Bertz CT molecular complexity index is 632. The van der Waals surface area contributed by atoms with E-state index in [2.05, 4.69) is 4.37 Å². The molecule has 1 aromatic rings. The molecule has 0 aliphatic rings. The highest BCUT2D eigenvalue weighted by Gasteiger charge is 2.28. The SMILES string of the molecule is CS(=O)(=O)c1nsc(C#N)c1S(C)(=O)=O. The van der Waals surface area contributed by atoms with Crippen LogP contribution in [0.2, 0.25) is 0 Å². The van der Waals surface area contributed by atoms with Gasteiger partial charge in [-0.25, -0.2) is 16.8 Å². The van der Waals surface area contributed by atoms with Crippen molar-refractivity contribution >= 4 is 31.2 Å². The van der Waals surface area contributed by atoms with Gasteiger partial charge in [-0.2, -0.15) is 9.64 Å². The number of rotatable bonds is 2. The van der Waals surface area contributed by atoms with E-state index in [0.29, 0.717) is 11.5 Å². The molecule has 15 heavy (non-hydrogen) atoms. The molecule has 0 radical (unpaired) electrons. The van der Waals surface area contributed by atoms with Crippen molar-refractivity contribution < 1.29 is 16.8 Å². The van der Waals surface area contributed by atoms with Crippen LogP contribution in [0.4, 0.5) is 0 Å². The Hall–Kier alpha value is -0.980. The van der Waals surface area contributed by atoms with E-state index in [1.807, 2.05) is 0 Å². The predicted molar refractivity (Wildman–Crippen MR) is 53.0 cm³/mol. The summed E-state index contributed by atoms with van der Waals surface area (Å²) < 4.78 is 48.5. The molecule has 0 aromatic carbocycles. The molecular formula is C6H6N2O4S3. The maximum Gasteiger partial charge on any atom is 0.195 e. The van der Waals surface area contributed by atoms with Gasteiger partial charge in [-0.3, -0.25) is 0 Å². The molecule has 6 nitrogen and oxygen atoms in total. The first-order valence-electron chi connectivity index (χ1n) is 3.48. The summed E-state index contributed by atoms with van der Waals surface area (Å²) in [6.07, 6.45) is 1.68. The zero-order valence-electron chi connectivity index (χ0n) is 7.75. The minimum atomic E-state index is -3.77. The van der Waals surface area contributed by atoms with Crippen molar-refractivity contribution in [1.82, 2.24) is 4.37 Å². The summed E-state index contributed by atoms with van der Waals surface area (Å²) in [5, 5.41) is 8.07. The smallest absolute Gasteiger partial charge is 0.195 e. The fraction of sp³-hybridized carbons (Fsp3) is 0.333. The van der Waals surface area contributed by atoms with E-state index in [1.54, 1.807) is 6.07 Å². The molecule has 0 saturated heterocycles. The molecular weight excluding hydrogens is 260 g/mol. The van der Waals surface area contributed by atoms with E-state index >= 15 is 0 Å². The molecule has 9 heteroatoms. The summed E-state index contributed by atoms with van der Waals surface area (Å²) in [6.45, 7) is 0. The third kappa shape index (κ3) is 2.34. The maximum atomic E-state index is 11.3. The van der Waals surface area contributed by atoms with Crippen LogP contribution in [0, 0.1) is 11.3 Å². The lowest BCUT2D eigenvalue weighted by molar-refractivity contribution is 0.586. The Kier molecular flexibility index (Phi) is 2.86. The summed E-state index contributed by atoms with van der Waals surface area (Å²) in [5.74, 6) is 0. The monoisotopic (exact) mass is 266 g/mol. The van der Waals surface area contributed by atoms with Crippen molar-refractivity contribution in [3.8, 4) is 6.07 Å². The van der Waals surface area contributed by atoms with Crippen molar-refractivity contribution in [3.63, 3.8) is 0 Å². The van der Waals surface area contributed by atoms with Gasteiger partial charge in [0.05, 0.1) is 0 Å². The highest BCUT2D eigenvalue weighted by Crippen LogP contribution is 2.26. The minimum absolute atomic E-state index is 0.210. The van der Waals surface area contributed by atoms with E-state index in [0.717, 1.165) is 12.5 Å². The van der Waals surface area contributed by atoms with Crippen LogP contribution >= 0.6 is 11.5 Å². The minimum Gasteiger partial charge on any atom is -0.224 e. The van der Waals surface area contributed by atoms with Crippen LogP contribution in [0.25, 0.3) is 0 Å². The van der Waals surface area contributed by atoms with Crippen molar-refractivity contribution in [1.29, 1.82) is 5.26 Å². The molecule has 0 amide bonds. The molecule has 0 spiro atoms. The molecule has 0 aliphatic carbocycles. The highest BCUT2D eigenvalue weighted by atomic mass is 32.2. The Labute approximate surface area is 91.2 Å². The molecule has 82 valence electrons. The molecule has 0 unspecified atom stereocenters. The number of aromatic nitrogens is 1. The van der Waals surface area contributed by atoms with E-state index in [-0.39, 0.29) is 4.88 Å². The first kappa shape index (κ1) is 12.1. The van der Waals surface area contributed by atoms with Crippen LogP contribution in [0.5, 0.6) is 0 Å². The number of nitriles is 1. The van der Waals surface area contributed by atoms with Crippen LogP contribution < -0.4 is 0 Å². The largest absolute Gasteiger partial charge is 0.224 e. The lowest BCUT2D eigenvalue weighted by atomic mass is 10.5. The molecule has 1 heterocycles. The molecule has 0 aliphatic heterocycles. The van der Waals surface area contributed by atoms with Crippen LogP contribution in [0.3, 0.4) is 0 Å². The van der Waals surface area contributed by atoms with Crippen molar-refractivity contribution in [3.05, 3.63) is 4.88 Å². The van der Waals surface area contributed by atoms with Gasteiger partial charge in [0.2, 0.25) is 0 Å². The van der Waals surface area contributed by atoms with Gasteiger partial charge >= 0.3 is 0 Å². The van der Waals surface area contributed by atoms with E-state index in [4.69, 9.17) is 5.26 Å². The second kappa shape index (κ2) is 3.55. The van der Waals surface area contributed by atoms with Gasteiger partial charge in [0.15, 0.2) is 24.7 Å². The first-order valence-corrected chi connectivity index (χ1v) is 8.03. The van der Waals surface area contributed by atoms with Gasteiger partial charge in [-0.15, -0.1) is 0 Å². The fourth-order valence-electron chi connectivity index (χ4n) is 0.901. The third-order valence-corrected chi connectivity index (χ3v) is 4.71. The number of nitrogens with zero attached hydrogens (tertiary/aromatic N) is 2. The molecule has 0 fully saturated rings. The Morgan fingerprint density at radius 3 is 2.07 bits per heavy atom. The zero-order chi connectivity index (χ0) is 11.9. The van der Waals surface area contributed by atoms with Crippen molar-refractivity contribution in [2.24, 2.45) is 0 Å². The molecule has 0 N–H and O–H groups in total. The molecule has 0 atom stereocenters. The zero-order valence-corrected chi connectivity index (χ0v) is 10.2. The van der Waals surface area contributed by atoms with Gasteiger partial charge in [-0.05, 0) is 11.5 Å².